The maximum absolute atomic E-state index is 12.5. The quantitative estimate of drug-likeness (QED) is 0.624. The van der Waals surface area contributed by atoms with Gasteiger partial charge in [0.25, 0.3) is 0 Å². The molecule has 1 fully saturated rings. The van der Waals surface area contributed by atoms with Crippen LogP contribution in [0.25, 0.3) is 0 Å². The number of carbonyl (C=O) groups is 3. The molecule has 0 unspecified atom stereocenters. The van der Waals surface area contributed by atoms with Crippen molar-refractivity contribution < 1.29 is 14.4 Å². The van der Waals surface area contributed by atoms with Crippen LogP contribution in [0.5, 0.6) is 0 Å². The zero-order valence-corrected chi connectivity index (χ0v) is 18.0. The molecular formula is C22H34N4O3. The minimum atomic E-state index is -0.174. The Kier molecular flexibility index (Phi) is 8.64. The lowest BCUT2D eigenvalue weighted by Crippen LogP contribution is -2.48. The topological polar surface area (TPSA) is 90.5 Å². The zero-order chi connectivity index (χ0) is 21.4. The predicted octanol–water partition coefficient (Wildman–Crippen LogP) is 2.85. The summed E-state index contributed by atoms with van der Waals surface area (Å²) < 4.78 is 0. The SMILES string of the molecule is CCN(CC(=O)Nc1ccc(NC(C)=O)cc1)CC(=O)N[C@@H]1CCC[C@H](C)[C@@H]1C. The van der Waals surface area contributed by atoms with E-state index in [1.807, 2.05) is 11.8 Å². The van der Waals surface area contributed by atoms with Gasteiger partial charge < -0.3 is 16.0 Å². The number of rotatable bonds is 8. The zero-order valence-electron chi connectivity index (χ0n) is 18.0. The first-order valence-electron chi connectivity index (χ1n) is 10.5. The average Bonchev–Trinajstić information content (AvgIpc) is 2.66. The second-order valence-electron chi connectivity index (χ2n) is 8.05. The average molecular weight is 403 g/mol. The molecular weight excluding hydrogens is 368 g/mol. The minimum absolute atomic E-state index is 0.0229. The van der Waals surface area contributed by atoms with E-state index >= 15 is 0 Å². The van der Waals surface area contributed by atoms with E-state index in [2.05, 4.69) is 29.8 Å². The summed E-state index contributed by atoms with van der Waals surface area (Å²) >= 11 is 0. The van der Waals surface area contributed by atoms with Gasteiger partial charge in [0.05, 0.1) is 13.1 Å². The second-order valence-corrected chi connectivity index (χ2v) is 8.05. The number of nitrogens with one attached hydrogen (secondary N) is 3. The van der Waals surface area contributed by atoms with Crippen LogP contribution in [0.1, 0.15) is 47.0 Å². The van der Waals surface area contributed by atoms with Crippen molar-refractivity contribution >= 4 is 29.1 Å². The molecule has 0 aromatic heterocycles. The lowest BCUT2D eigenvalue weighted by Gasteiger charge is -2.35. The number of anilines is 2. The number of likely N-dealkylation sites (N-methyl/N-ethyl adjacent to an activating group) is 1. The van der Waals surface area contributed by atoms with Crippen molar-refractivity contribution in [3.05, 3.63) is 24.3 Å². The van der Waals surface area contributed by atoms with Gasteiger partial charge >= 0.3 is 0 Å². The molecule has 1 aromatic carbocycles. The molecule has 3 atom stereocenters. The van der Waals surface area contributed by atoms with E-state index in [0.29, 0.717) is 29.8 Å². The van der Waals surface area contributed by atoms with Crippen LogP contribution in [-0.4, -0.2) is 48.3 Å². The number of carbonyl (C=O) groups excluding carboxylic acids is 3. The first kappa shape index (κ1) is 22.9. The smallest absolute Gasteiger partial charge is 0.238 e. The van der Waals surface area contributed by atoms with Crippen LogP contribution in [0.15, 0.2) is 24.3 Å². The Bertz CT molecular complexity index is 705. The van der Waals surface area contributed by atoms with E-state index in [9.17, 15) is 14.4 Å². The Morgan fingerprint density at radius 2 is 1.55 bits per heavy atom. The van der Waals surface area contributed by atoms with Gasteiger partial charge in [-0.05, 0) is 49.1 Å². The fourth-order valence-electron chi connectivity index (χ4n) is 3.76. The molecule has 0 bridgehead atoms. The number of benzene rings is 1. The molecule has 0 aliphatic heterocycles. The molecule has 29 heavy (non-hydrogen) atoms. The summed E-state index contributed by atoms with van der Waals surface area (Å²) in [4.78, 5) is 37.7. The third-order valence-electron chi connectivity index (χ3n) is 5.72. The van der Waals surface area contributed by atoms with E-state index in [1.54, 1.807) is 24.3 Å². The van der Waals surface area contributed by atoms with Crippen molar-refractivity contribution in [1.82, 2.24) is 10.2 Å². The number of nitrogens with zero attached hydrogens (tertiary/aromatic N) is 1. The molecule has 1 saturated carbocycles. The van der Waals surface area contributed by atoms with Crippen LogP contribution in [-0.2, 0) is 14.4 Å². The van der Waals surface area contributed by atoms with E-state index in [1.165, 1.54) is 13.3 Å². The molecule has 0 saturated heterocycles. The van der Waals surface area contributed by atoms with Crippen LogP contribution in [0.4, 0.5) is 11.4 Å². The molecule has 1 aliphatic rings. The van der Waals surface area contributed by atoms with E-state index in [0.717, 1.165) is 12.8 Å². The summed E-state index contributed by atoms with van der Waals surface area (Å²) in [6, 6.07) is 7.15. The molecule has 7 heteroatoms. The van der Waals surface area contributed by atoms with Crippen molar-refractivity contribution in [2.75, 3.05) is 30.3 Å². The van der Waals surface area contributed by atoms with Crippen LogP contribution in [0.2, 0.25) is 0 Å². The largest absolute Gasteiger partial charge is 0.352 e. The van der Waals surface area contributed by atoms with Crippen molar-refractivity contribution in [3.8, 4) is 0 Å². The Labute approximate surface area is 173 Å². The van der Waals surface area contributed by atoms with E-state index in [4.69, 9.17) is 0 Å². The maximum Gasteiger partial charge on any atom is 0.238 e. The predicted molar refractivity (Wildman–Crippen MR) is 116 cm³/mol. The van der Waals surface area contributed by atoms with Crippen molar-refractivity contribution in [3.63, 3.8) is 0 Å². The number of amides is 3. The van der Waals surface area contributed by atoms with Gasteiger partial charge in [0.1, 0.15) is 0 Å². The van der Waals surface area contributed by atoms with E-state index < -0.39 is 0 Å². The lowest BCUT2D eigenvalue weighted by molar-refractivity contribution is -0.124. The van der Waals surface area contributed by atoms with Crippen molar-refractivity contribution in [2.24, 2.45) is 11.8 Å². The Morgan fingerprint density at radius 1 is 0.966 bits per heavy atom. The first-order chi connectivity index (χ1) is 13.8. The highest BCUT2D eigenvalue weighted by atomic mass is 16.2. The molecule has 3 N–H and O–H groups in total. The monoisotopic (exact) mass is 402 g/mol. The summed E-state index contributed by atoms with van der Waals surface area (Å²) in [6.07, 6.45) is 3.40. The molecule has 2 rings (SSSR count). The minimum Gasteiger partial charge on any atom is -0.352 e. The normalized spacial score (nSPS) is 21.5. The van der Waals surface area contributed by atoms with Gasteiger partial charge in [-0.1, -0.05) is 33.6 Å². The third-order valence-corrected chi connectivity index (χ3v) is 5.72. The summed E-state index contributed by atoms with van der Waals surface area (Å²) in [7, 11) is 0. The van der Waals surface area contributed by atoms with Gasteiger partial charge in [-0.25, -0.2) is 0 Å². The maximum atomic E-state index is 12.5. The Morgan fingerprint density at radius 3 is 2.14 bits per heavy atom. The van der Waals surface area contributed by atoms with Crippen LogP contribution < -0.4 is 16.0 Å². The first-order valence-corrected chi connectivity index (χ1v) is 10.5. The van der Waals surface area contributed by atoms with Crippen LogP contribution in [0, 0.1) is 11.8 Å². The molecule has 160 valence electrons. The highest BCUT2D eigenvalue weighted by molar-refractivity contribution is 5.93. The second kappa shape index (κ2) is 11.0. The van der Waals surface area contributed by atoms with Gasteiger partial charge in [-0.2, -0.15) is 0 Å². The van der Waals surface area contributed by atoms with Gasteiger partial charge in [0.2, 0.25) is 17.7 Å². The highest BCUT2D eigenvalue weighted by Gasteiger charge is 2.28. The summed E-state index contributed by atoms with van der Waals surface area (Å²) in [5.41, 5.74) is 1.32. The van der Waals surface area contributed by atoms with E-state index in [-0.39, 0.29) is 36.9 Å². The summed E-state index contributed by atoms with van der Waals surface area (Å²) in [5.74, 6) is 0.762. The van der Waals surface area contributed by atoms with Gasteiger partial charge in [-0.3, -0.25) is 19.3 Å². The molecule has 7 nitrogen and oxygen atoms in total. The van der Waals surface area contributed by atoms with Gasteiger partial charge in [0.15, 0.2) is 0 Å². The summed E-state index contributed by atoms with van der Waals surface area (Å²) in [5, 5.41) is 8.67. The lowest BCUT2D eigenvalue weighted by atomic mass is 9.78. The third kappa shape index (κ3) is 7.49. The van der Waals surface area contributed by atoms with Crippen LogP contribution >= 0.6 is 0 Å². The Hall–Kier alpha value is -2.41. The highest BCUT2D eigenvalue weighted by Crippen LogP contribution is 2.29. The Balaban J connectivity index is 1.81. The fourth-order valence-corrected chi connectivity index (χ4v) is 3.76. The molecule has 0 spiro atoms. The molecule has 1 aliphatic carbocycles. The van der Waals surface area contributed by atoms with Crippen molar-refractivity contribution in [2.45, 2.75) is 53.0 Å². The molecule has 0 heterocycles. The van der Waals surface area contributed by atoms with Crippen LogP contribution in [0.3, 0.4) is 0 Å². The molecule has 3 amide bonds. The standard InChI is InChI=1S/C22H34N4O3/c1-5-26(14-22(29)25-20-8-6-7-15(2)16(20)3)13-21(28)24-19-11-9-18(10-12-19)23-17(4)27/h9-12,15-16,20H,5-8,13-14H2,1-4H3,(H,23,27)(H,24,28)(H,25,29)/t15-,16-,20+/m0/s1. The van der Waals surface area contributed by atoms with Gasteiger partial charge in [0, 0.05) is 24.3 Å². The summed E-state index contributed by atoms with van der Waals surface area (Å²) in [6.45, 7) is 8.80. The van der Waals surface area contributed by atoms with Crippen molar-refractivity contribution in [1.29, 1.82) is 0 Å². The van der Waals surface area contributed by atoms with Gasteiger partial charge in [-0.15, -0.1) is 0 Å². The fraction of sp³-hybridized carbons (Fsp3) is 0.591. The number of hydrogen-bond acceptors (Lipinski definition) is 4. The molecule has 1 aromatic rings. The molecule has 0 radical (unpaired) electrons. The number of hydrogen-bond donors (Lipinski definition) is 3.